The van der Waals surface area contributed by atoms with Crippen LogP contribution in [-0.2, 0) is 6.54 Å². The zero-order valence-electron chi connectivity index (χ0n) is 11.0. The first-order chi connectivity index (χ1) is 9.10. The van der Waals surface area contributed by atoms with Crippen molar-refractivity contribution in [2.75, 3.05) is 7.11 Å². The maximum Gasteiger partial charge on any atom is 0.147 e. The Kier molecular flexibility index (Phi) is 5.69. The Balaban J connectivity index is 1.96. The topological polar surface area (TPSA) is 41.5 Å². The lowest BCUT2D eigenvalue weighted by Crippen LogP contribution is -2.35. The molecule has 5 heteroatoms. The fourth-order valence-corrected chi connectivity index (χ4v) is 4.13. The number of aliphatic hydroxyl groups is 1. The van der Waals surface area contributed by atoms with Crippen molar-refractivity contribution in [2.24, 2.45) is 0 Å². The first-order valence-corrected chi connectivity index (χ1v) is 8.12. The molecule has 1 aliphatic rings. The van der Waals surface area contributed by atoms with Crippen molar-refractivity contribution >= 4 is 31.9 Å². The lowest BCUT2D eigenvalue weighted by Gasteiger charge is -2.26. The Morgan fingerprint density at radius 3 is 2.58 bits per heavy atom. The molecule has 0 saturated heterocycles. The Morgan fingerprint density at radius 2 is 2.00 bits per heavy atom. The summed E-state index contributed by atoms with van der Waals surface area (Å²) >= 11 is 7.02. The van der Waals surface area contributed by atoms with E-state index in [1.54, 1.807) is 7.11 Å². The van der Waals surface area contributed by atoms with Crippen LogP contribution < -0.4 is 10.1 Å². The van der Waals surface area contributed by atoms with E-state index in [9.17, 15) is 5.11 Å². The third-order valence-electron chi connectivity index (χ3n) is 3.50. The van der Waals surface area contributed by atoms with Gasteiger partial charge in [0, 0.05) is 12.6 Å². The molecule has 1 aromatic carbocycles. The average molecular weight is 393 g/mol. The molecule has 106 valence electrons. The largest absolute Gasteiger partial charge is 0.494 e. The van der Waals surface area contributed by atoms with Crippen molar-refractivity contribution in [3.63, 3.8) is 0 Å². The molecule has 1 aliphatic carbocycles. The van der Waals surface area contributed by atoms with Crippen molar-refractivity contribution in [1.82, 2.24) is 5.32 Å². The van der Waals surface area contributed by atoms with Gasteiger partial charge < -0.3 is 15.2 Å². The number of rotatable bonds is 4. The maximum absolute atomic E-state index is 9.66. The van der Waals surface area contributed by atoms with Crippen LogP contribution in [0.25, 0.3) is 0 Å². The van der Waals surface area contributed by atoms with Gasteiger partial charge in [0.1, 0.15) is 5.75 Å². The van der Waals surface area contributed by atoms with E-state index in [0.717, 1.165) is 46.9 Å². The fourth-order valence-electron chi connectivity index (χ4n) is 2.52. The fraction of sp³-hybridized carbons (Fsp3) is 0.571. The number of ether oxygens (including phenoxy) is 1. The number of hydrogen-bond acceptors (Lipinski definition) is 3. The van der Waals surface area contributed by atoms with Gasteiger partial charge in [-0.05, 0) is 75.2 Å². The number of hydrogen-bond donors (Lipinski definition) is 2. The molecule has 2 atom stereocenters. The third-order valence-corrected chi connectivity index (χ3v) is 4.68. The molecule has 3 nitrogen and oxygen atoms in total. The van der Waals surface area contributed by atoms with Gasteiger partial charge in [-0.15, -0.1) is 0 Å². The zero-order valence-corrected chi connectivity index (χ0v) is 14.1. The summed E-state index contributed by atoms with van der Waals surface area (Å²) in [5.41, 5.74) is 1.19. The van der Waals surface area contributed by atoms with Gasteiger partial charge in [0.25, 0.3) is 0 Å². The van der Waals surface area contributed by atoms with E-state index < -0.39 is 0 Å². The van der Waals surface area contributed by atoms with Crippen molar-refractivity contribution in [3.8, 4) is 5.75 Å². The van der Waals surface area contributed by atoms with Gasteiger partial charge in [0.05, 0.1) is 22.2 Å². The van der Waals surface area contributed by atoms with Gasteiger partial charge in [-0.25, -0.2) is 0 Å². The van der Waals surface area contributed by atoms with Crippen molar-refractivity contribution in [1.29, 1.82) is 0 Å². The number of halogens is 2. The summed E-state index contributed by atoms with van der Waals surface area (Å²) in [7, 11) is 1.66. The number of aliphatic hydroxyl groups excluding tert-OH is 1. The zero-order chi connectivity index (χ0) is 13.8. The lowest BCUT2D eigenvalue weighted by molar-refractivity contribution is 0.111. The molecule has 0 amide bonds. The molecule has 1 aromatic rings. The smallest absolute Gasteiger partial charge is 0.147 e. The molecular weight excluding hydrogens is 374 g/mol. The van der Waals surface area contributed by atoms with Crippen molar-refractivity contribution in [3.05, 3.63) is 26.6 Å². The number of benzene rings is 1. The Morgan fingerprint density at radius 1 is 1.32 bits per heavy atom. The van der Waals surface area contributed by atoms with Crippen molar-refractivity contribution in [2.45, 2.75) is 44.4 Å². The second-order valence-corrected chi connectivity index (χ2v) is 6.70. The molecule has 0 radical (unpaired) electrons. The van der Waals surface area contributed by atoms with Crippen LogP contribution >= 0.6 is 31.9 Å². The van der Waals surface area contributed by atoms with E-state index >= 15 is 0 Å². The second-order valence-electron chi connectivity index (χ2n) is 4.99. The summed E-state index contributed by atoms with van der Waals surface area (Å²) in [6.07, 6.45) is 3.92. The summed E-state index contributed by atoms with van der Waals surface area (Å²) in [5, 5.41) is 13.2. The van der Waals surface area contributed by atoms with Gasteiger partial charge in [0.15, 0.2) is 0 Å². The van der Waals surface area contributed by atoms with Gasteiger partial charge in [-0.2, -0.15) is 0 Å². The molecule has 0 bridgehead atoms. The average Bonchev–Trinajstić information content (AvgIpc) is 2.36. The van der Waals surface area contributed by atoms with E-state index in [0.29, 0.717) is 6.04 Å². The van der Waals surface area contributed by atoms with E-state index in [4.69, 9.17) is 4.74 Å². The Labute approximate surface area is 131 Å². The summed E-state index contributed by atoms with van der Waals surface area (Å²) in [6, 6.07) is 4.55. The highest BCUT2D eigenvalue weighted by molar-refractivity contribution is 9.11. The Hall–Kier alpha value is -0.100. The molecule has 0 spiro atoms. The minimum atomic E-state index is -0.138. The van der Waals surface area contributed by atoms with Crippen LogP contribution in [0.5, 0.6) is 5.75 Å². The van der Waals surface area contributed by atoms with E-state index in [2.05, 4.69) is 49.3 Å². The summed E-state index contributed by atoms with van der Waals surface area (Å²) in [5.74, 6) is 0.817. The highest BCUT2D eigenvalue weighted by atomic mass is 79.9. The summed E-state index contributed by atoms with van der Waals surface area (Å²) < 4.78 is 7.19. The van der Waals surface area contributed by atoms with Crippen molar-refractivity contribution < 1.29 is 9.84 Å². The standard InChI is InChI=1S/C14H19Br2NO2/c1-19-14-12(15)5-9(6-13(14)16)8-17-10-3-2-4-11(18)7-10/h5-6,10-11,17-18H,2-4,7-8H2,1H3. The first kappa shape index (κ1) is 15.3. The Bertz CT molecular complexity index is 416. The van der Waals surface area contributed by atoms with Crippen LogP contribution in [0.15, 0.2) is 21.1 Å². The molecule has 0 aromatic heterocycles. The summed E-state index contributed by atoms with van der Waals surface area (Å²) in [6.45, 7) is 0.804. The molecule has 0 aliphatic heterocycles. The minimum Gasteiger partial charge on any atom is -0.494 e. The normalized spacial score (nSPS) is 23.4. The predicted octanol–water partition coefficient (Wildman–Crippen LogP) is 3.61. The molecular formula is C14H19Br2NO2. The second kappa shape index (κ2) is 7.07. The van der Waals surface area contributed by atoms with E-state index in [1.165, 1.54) is 5.56 Å². The first-order valence-electron chi connectivity index (χ1n) is 6.53. The van der Waals surface area contributed by atoms with E-state index in [1.807, 2.05) is 0 Å². The van der Waals surface area contributed by atoms with Gasteiger partial charge in [-0.1, -0.05) is 0 Å². The highest BCUT2D eigenvalue weighted by Gasteiger charge is 2.19. The minimum absolute atomic E-state index is 0.138. The van der Waals surface area contributed by atoms with Gasteiger partial charge >= 0.3 is 0 Å². The summed E-state index contributed by atoms with van der Waals surface area (Å²) in [4.78, 5) is 0. The maximum atomic E-state index is 9.66. The molecule has 2 unspecified atom stereocenters. The van der Waals surface area contributed by atoms with Crippen LogP contribution in [0.4, 0.5) is 0 Å². The van der Waals surface area contributed by atoms with Gasteiger partial charge in [0.2, 0.25) is 0 Å². The van der Waals surface area contributed by atoms with Crippen LogP contribution in [-0.4, -0.2) is 24.4 Å². The predicted molar refractivity (Wildman–Crippen MR) is 83.5 cm³/mol. The molecule has 2 N–H and O–H groups in total. The molecule has 0 heterocycles. The van der Waals surface area contributed by atoms with Gasteiger partial charge in [-0.3, -0.25) is 0 Å². The molecule has 1 saturated carbocycles. The van der Waals surface area contributed by atoms with Crippen LogP contribution in [0.2, 0.25) is 0 Å². The molecule has 2 rings (SSSR count). The van der Waals surface area contributed by atoms with Crippen LogP contribution in [0, 0.1) is 0 Å². The molecule has 19 heavy (non-hydrogen) atoms. The molecule has 1 fully saturated rings. The lowest BCUT2D eigenvalue weighted by atomic mass is 9.93. The SMILES string of the molecule is COc1c(Br)cc(CNC2CCCC(O)C2)cc1Br. The highest BCUT2D eigenvalue weighted by Crippen LogP contribution is 2.34. The number of methoxy groups -OCH3 is 1. The number of nitrogens with one attached hydrogen (secondary N) is 1. The third kappa shape index (κ3) is 4.18. The van der Waals surface area contributed by atoms with E-state index in [-0.39, 0.29) is 6.10 Å². The van der Waals surface area contributed by atoms with Crippen LogP contribution in [0.1, 0.15) is 31.2 Å². The quantitative estimate of drug-likeness (QED) is 0.822. The van der Waals surface area contributed by atoms with Crippen LogP contribution in [0.3, 0.4) is 0 Å². The monoisotopic (exact) mass is 391 g/mol.